The van der Waals surface area contributed by atoms with Crippen LogP contribution in [0.1, 0.15) is 41.3 Å². The number of nitrogens with zero attached hydrogens (tertiary/aromatic N) is 3. The average molecular weight is 519 g/mol. The fraction of sp³-hybridized carbons (Fsp3) is 0.259. The van der Waals surface area contributed by atoms with Gasteiger partial charge in [0.25, 0.3) is 11.5 Å². The normalized spacial score (nSPS) is 13.6. The van der Waals surface area contributed by atoms with Gasteiger partial charge in [0.05, 0.1) is 22.5 Å². The van der Waals surface area contributed by atoms with Crippen molar-refractivity contribution in [1.82, 2.24) is 15.0 Å². The third kappa shape index (κ3) is 4.94. The predicted molar refractivity (Wildman–Crippen MR) is 146 cm³/mol. The number of hydrogen-bond donors (Lipinski definition) is 2. The van der Waals surface area contributed by atoms with Gasteiger partial charge in [0.2, 0.25) is 0 Å². The van der Waals surface area contributed by atoms with Gasteiger partial charge < -0.3 is 5.11 Å². The Hall–Kier alpha value is -3.43. The molecule has 0 unspecified atom stereocenters. The lowest BCUT2D eigenvalue weighted by molar-refractivity contribution is -0.118. The van der Waals surface area contributed by atoms with Crippen molar-refractivity contribution in [2.75, 3.05) is 5.75 Å². The van der Waals surface area contributed by atoms with E-state index in [4.69, 9.17) is 4.98 Å². The van der Waals surface area contributed by atoms with Gasteiger partial charge in [-0.05, 0) is 87.1 Å². The van der Waals surface area contributed by atoms with Gasteiger partial charge in [-0.15, -0.1) is 11.3 Å². The number of aromatic nitrogens is 2. The molecule has 2 heterocycles. The number of amides is 1. The van der Waals surface area contributed by atoms with E-state index < -0.39 is 0 Å². The lowest BCUT2D eigenvalue weighted by atomic mass is 9.97. The number of phenols is 1. The molecule has 0 fully saturated rings. The first-order valence-electron chi connectivity index (χ1n) is 11.8. The van der Waals surface area contributed by atoms with Crippen LogP contribution in [-0.2, 0) is 17.6 Å². The highest BCUT2D eigenvalue weighted by atomic mass is 32.2. The minimum atomic E-state index is -0.298. The summed E-state index contributed by atoms with van der Waals surface area (Å²) < 4.78 is 1.63. The van der Waals surface area contributed by atoms with E-state index in [0.717, 1.165) is 58.3 Å². The summed E-state index contributed by atoms with van der Waals surface area (Å²) in [5.74, 6) is -0.0718. The number of thioether (sulfide) groups is 1. The molecule has 2 aromatic carbocycles. The molecule has 0 atom stereocenters. The van der Waals surface area contributed by atoms with Gasteiger partial charge >= 0.3 is 0 Å². The smallest absolute Gasteiger partial charge is 0.267 e. The fourth-order valence-corrected chi connectivity index (χ4v) is 6.39. The summed E-state index contributed by atoms with van der Waals surface area (Å²) in [6.07, 6.45) is 4.12. The minimum Gasteiger partial charge on any atom is -0.508 e. The quantitative estimate of drug-likeness (QED) is 0.163. The number of nitrogens with one attached hydrogen (secondary N) is 1. The van der Waals surface area contributed by atoms with E-state index in [1.54, 1.807) is 47.1 Å². The Bertz CT molecular complexity index is 1520. The molecule has 1 aliphatic rings. The number of aryl methyl sites for hydroxylation is 3. The summed E-state index contributed by atoms with van der Waals surface area (Å²) in [7, 11) is 0. The van der Waals surface area contributed by atoms with Crippen LogP contribution in [0.2, 0.25) is 0 Å². The van der Waals surface area contributed by atoms with Crippen LogP contribution in [0.25, 0.3) is 15.9 Å². The number of hydrogen-bond acceptors (Lipinski definition) is 7. The van der Waals surface area contributed by atoms with E-state index in [1.165, 1.54) is 16.6 Å². The van der Waals surface area contributed by atoms with Gasteiger partial charge in [-0.1, -0.05) is 29.5 Å². The molecule has 36 heavy (non-hydrogen) atoms. The van der Waals surface area contributed by atoms with Gasteiger partial charge in [0, 0.05) is 4.88 Å². The molecule has 2 aromatic heterocycles. The molecule has 184 valence electrons. The Morgan fingerprint density at radius 2 is 1.86 bits per heavy atom. The van der Waals surface area contributed by atoms with Gasteiger partial charge in [-0.3, -0.25) is 14.2 Å². The van der Waals surface area contributed by atoms with Crippen molar-refractivity contribution < 1.29 is 9.90 Å². The number of hydrazone groups is 1. The van der Waals surface area contributed by atoms with Gasteiger partial charge in [-0.25, -0.2) is 10.4 Å². The second-order valence-electron chi connectivity index (χ2n) is 8.83. The summed E-state index contributed by atoms with van der Waals surface area (Å²) in [5, 5.41) is 14.8. The number of phenolic OH excluding ortho intramolecular Hbond substituents is 1. The molecule has 9 heteroatoms. The van der Waals surface area contributed by atoms with Gasteiger partial charge in [-0.2, -0.15) is 5.10 Å². The molecule has 0 aliphatic heterocycles. The maximum absolute atomic E-state index is 13.8. The molecule has 0 spiro atoms. The molecule has 0 saturated heterocycles. The topological polar surface area (TPSA) is 96.6 Å². The maximum atomic E-state index is 13.8. The first-order chi connectivity index (χ1) is 17.4. The lowest BCUT2D eigenvalue weighted by Crippen LogP contribution is -2.24. The Morgan fingerprint density at radius 1 is 1.14 bits per heavy atom. The third-order valence-corrected chi connectivity index (χ3v) is 8.34. The molecule has 0 bridgehead atoms. The predicted octanol–water partition coefficient (Wildman–Crippen LogP) is 4.97. The van der Waals surface area contributed by atoms with Crippen molar-refractivity contribution in [2.24, 2.45) is 5.10 Å². The number of carbonyl (C=O) groups is 1. The van der Waals surface area contributed by atoms with Crippen molar-refractivity contribution in [3.63, 3.8) is 0 Å². The number of rotatable bonds is 6. The fourth-order valence-electron chi connectivity index (χ4n) is 4.28. The van der Waals surface area contributed by atoms with Gasteiger partial charge in [0.15, 0.2) is 5.16 Å². The van der Waals surface area contributed by atoms with Crippen molar-refractivity contribution in [3.05, 3.63) is 80.5 Å². The molecular weight excluding hydrogens is 492 g/mol. The van der Waals surface area contributed by atoms with Crippen LogP contribution in [0.3, 0.4) is 0 Å². The van der Waals surface area contributed by atoms with Gasteiger partial charge in [0.1, 0.15) is 10.6 Å². The molecule has 2 N–H and O–H groups in total. The minimum absolute atomic E-state index is 0.0568. The number of aromatic hydroxyl groups is 1. The summed E-state index contributed by atoms with van der Waals surface area (Å²) in [4.78, 5) is 33.3. The number of benzene rings is 2. The monoisotopic (exact) mass is 518 g/mol. The van der Waals surface area contributed by atoms with Crippen molar-refractivity contribution in [3.8, 4) is 11.4 Å². The Balaban J connectivity index is 1.43. The summed E-state index contributed by atoms with van der Waals surface area (Å²) in [5.41, 5.74) is 6.90. The highest BCUT2D eigenvalue weighted by Gasteiger charge is 2.23. The van der Waals surface area contributed by atoms with Crippen LogP contribution in [0.4, 0.5) is 0 Å². The highest BCUT2D eigenvalue weighted by Crippen LogP contribution is 2.35. The average Bonchev–Trinajstić information content (AvgIpc) is 3.26. The van der Waals surface area contributed by atoms with Crippen LogP contribution >= 0.6 is 23.1 Å². The zero-order chi connectivity index (χ0) is 25.2. The first-order valence-corrected chi connectivity index (χ1v) is 13.6. The maximum Gasteiger partial charge on any atom is 0.267 e. The van der Waals surface area contributed by atoms with Crippen molar-refractivity contribution >= 4 is 44.9 Å². The van der Waals surface area contributed by atoms with Crippen LogP contribution in [0.5, 0.6) is 5.75 Å². The standard InChI is InChI=1S/C27H26N4O3S2/c1-16-7-11-19(12-8-16)31-26(34)24-21-5-3-4-6-22(21)36-25(24)28-27(31)35-15-23(33)30-29-17(2)18-9-13-20(32)14-10-18/h7-14,32H,3-6,15H2,1-2H3,(H,30,33)/b29-17+. The van der Waals surface area contributed by atoms with Crippen LogP contribution < -0.4 is 11.0 Å². The molecular formula is C27H26N4O3S2. The summed E-state index contributed by atoms with van der Waals surface area (Å²) in [6, 6.07) is 14.4. The van der Waals surface area contributed by atoms with E-state index in [9.17, 15) is 14.7 Å². The Labute approximate surface area is 216 Å². The van der Waals surface area contributed by atoms with Crippen LogP contribution in [-0.4, -0.2) is 32.0 Å². The first kappa shape index (κ1) is 24.3. The van der Waals surface area contributed by atoms with E-state index in [1.807, 2.05) is 31.2 Å². The second kappa shape index (κ2) is 10.3. The van der Waals surface area contributed by atoms with E-state index in [-0.39, 0.29) is 23.0 Å². The molecule has 0 radical (unpaired) electrons. The third-order valence-electron chi connectivity index (χ3n) is 6.22. The van der Waals surface area contributed by atoms with E-state index in [2.05, 4.69) is 10.5 Å². The Kier molecular flexibility index (Phi) is 6.93. The number of fused-ring (bicyclic) bond motifs is 3. The summed E-state index contributed by atoms with van der Waals surface area (Å²) >= 11 is 2.83. The zero-order valence-electron chi connectivity index (χ0n) is 20.1. The summed E-state index contributed by atoms with van der Waals surface area (Å²) in [6.45, 7) is 3.78. The molecule has 0 saturated carbocycles. The molecule has 1 aliphatic carbocycles. The van der Waals surface area contributed by atoms with Crippen molar-refractivity contribution in [2.45, 2.75) is 44.7 Å². The zero-order valence-corrected chi connectivity index (χ0v) is 21.7. The van der Waals surface area contributed by atoms with E-state index in [0.29, 0.717) is 10.9 Å². The van der Waals surface area contributed by atoms with Crippen molar-refractivity contribution in [1.29, 1.82) is 0 Å². The molecule has 4 aromatic rings. The van der Waals surface area contributed by atoms with E-state index >= 15 is 0 Å². The van der Waals surface area contributed by atoms with Crippen LogP contribution in [0, 0.1) is 6.92 Å². The Morgan fingerprint density at radius 3 is 2.61 bits per heavy atom. The second-order valence-corrected chi connectivity index (χ2v) is 10.9. The van der Waals surface area contributed by atoms with Crippen LogP contribution in [0.15, 0.2) is 63.6 Å². The molecule has 1 amide bonds. The molecule has 5 rings (SSSR count). The number of carbonyl (C=O) groups excluding carboxylic acids is 1. The highest BCUT2D eigenvalue weighted by molar-refractivity contribution is 7.99. The largest absolute Gasteiger partial charge is 0.508 e. The lowest BCUT2D eigenvalue weighted by Gasteiger charge is -2.13. The number of thiophene rings is 1. The molecule has 7 nitrogen and oxygen atoms in total. The SMILES string of the molecule is C/C(=N\NC(=O)CSc1nc2sc3c(c2c(=O)n1-c1ccc(C)cc1)CCCC3)c1ccc(O)cc1.